The van der Waals surface area contributed by atoms with Gasteiger partial charge in [0.1, 0.15) is 16.6 Å². The zero-order valence-corrected chi connectivity index (χ0v) is 17.3. The minimum atomic E-state index is -0.263. The lowest BCUT2D eigenvalue weighted by molar-refractivity contribution is -0.117. The molecule has 0 radical (unpaired) electrons. The zero-order valence-electron chi connectivity index (χ0n) is 16.5. The van der Waals surface area contributed by atoms with Crippen LogP contribution in [-0.2, 0) is 11.3 Å². The van der Waals surface area contributed by atoms with Gasteiger partial charge in [-0.15, -0.1) is 11.3 Å². The van der Waals surface area contributed by atoms with Crippen molar-refractivity contribution in [1.82, 2.24) is 9.88 Å². The van der Waals surface area contributed by atoms with Gasteiger partial charge in [-0.05, 0) is 49.4 Å². The Morgan fingerprint density at radius 3 is 2.69 bits per heavy atom. The number of rotatable bonds is 9. The number of thiazole rings is 1. The Labute approximate surface area is 174 Å². The average Bonchev–Trinajstić information content (AvgIpc) is 3.17. The van der Waals surface area contributed by atoms with Gasteiger partial charge < -0.3 is 10.1 Å². The number of para-hydroxylation sites is 2. The molecule has 0 aliphatic heterocycles. The molecule has 152 valence electrons. The number of anilines is 1. The van der Waals surface area contributed by atoms with E-state index in [1.165, 1.54) is 23.5 Å². The summed E-state index contributed by atoms with van der Waals surface area (Å²) in [6, 6.07) is 13.7. The Bertz CT molecular complexity index is 943. The smallest absolute Gasteiger partial charge is 0.238 e. The number of halogens is 1. The monoisotopic (exact) mass is 413 g/mol. The van der Waals surface area contributed by atoms with Crippen molar-refractivity contribution in [2.24, 2.45) is 0 Å². The molecule has 1 N–H and O–H groups in total. The minimum absolute atomic E-state index is 0.100. The molecule has 0 unspecified atom stereocenters. The van der Waals surface area contributed by atoms with Crippen LogP contribution in [0.2, 0.25) is 0 Å². The summed E-state index contributed by atoms with van der Waals surface area (Å²) in [6.45, 7) is 3.69. The molecule has 0 aliphatic carbocycles. The summed E-state index contributed by atoms with van der Waals surface area (Å²) in [5.41, 5.74) is 2.44. The van der Waals surface area contributed by atoms with E-state index >= 15 is 0 Å². The van der Waals surface area contributed by atoms with Crippen molar-refractivity contribution in [2.75, 3.05) is 25.5 Å². The Morgan fingerprint density at radius 2 is 1.97 bits per heavy atom. The van der Waals surface area contributed by atoms with Crippen molar-refractivity contribution in [3.8, 4) is 16.3 Å². The zero-order chi connectivity index (χ0) is 20.6. The van der Waals surface area contributed by atoms with Gasteiger partial charge in [0.05, 0.1) is 25.0 Å². The highest BCUT2D eigenvalue weighted by atomic mass is 32.1. The lowest BCUT2D eigenvalue weighted by Gasteiger charge is -2.20. The normalized spacial score (nSPS) is 10.9. The fourth-order valence-electron chi connectivity index (χ4n) is 3.00. The lowest BCUT2D eigenvalue weighted by atomic mass is 10.2. The van der Waals surface area contributed by atoms with E-state index in [2.05, 4.69) is 22.1 Å². The van der Waals surface area contributed by atoms with Gasteiger partial charge in [0, 0.05) is 17.5 Å². The van der Waals surface area contributed by atoms with Crippen molar-refractivity contribution in [1.29, 1.82) is 0 Å². The van der Waals surface area contributed by atoms with Crippen LogP contribution in [0, 0.1) is 5.82 Å². The summed E-state index contributed by atoms with van der Waals surface area (Å²) in [7, 11) is 1.58. The second-order valence-electron chi connectivity index (χ2n) is 6.61. The van der Waals surface area contributed by atoms with Gasteiger partial charge in [-0.25, -0.2) is 9.37 Å². The molecule has 0 atom stereocenters. The summed E-state index contributed by atoms with van der Waals surface area (Å²) in [4.78, 5) is 19.3. The molecular weight excluding hydrogens is 389 g/mol. The second kappa shape index (κ2) is 10.1. The SMILES string of the molecule is CCCN(CC(=O)Nc1ccccc1OC)Cc1csc(-c2ccc(F)cc2)n1. The van der Waals surface area contributed by atoms with E-state index in [1.54, 1.807) is 19.2 Å². The van der Waals surface area contributed by atoms with Gasteiger partial charge in [-0.1, -0.05) is 19.1 Å². The standard InChI is InChI=1S/C22H24FN3O2S/c1-3-12-26(14-21(27)25-19-6-4-5-7-20(19)28-2)13-18-15-29-22(24-18)16-8-10-17(23)11-9-16/h4-11,15H,3,12-14H2,1-2H3,(H,25,27). The molecular formula is C22H24FN3O2S. The minimum Gasteiger partial charge on any atom is -0.495 e. The average molecular weight is 414 g/mol. The highest BCUT2D eigenvalue weighted by Gasteiger charge is 2.14. The van der Waals surface area contributed by atoms with Crippen LogP contribution in [-0.4, -0.2) is 36.0 Å². The van der Waals surface area contributed by atoms with Crippen LogP contribution in [0.5, 0.6) is 5.75 Å². The van der Waals surface area contributed by atoms with Crippen LogP contribution in [0.25, 0.3) is 10.6 Å². The van der Waals surface area contributed by atoms with Crippen molar-refractivity contribution >= 4 is 22.9 Å². The molecule has 7 heteroatoms. The Morgan fingerprint density at radius 1 is 1.21 bits per heavy atom. The first-order valence-corrected chi connectivity index (χ1v) is 10.3. The predicted octanol–water partition coefficient (Wildman–Crippen LogP) is 4.81. The van der Waals surface area contributed by atoms with Crippen molar-refractivity contribution in [2.45, 2.75) is 19.9 Å². The molecule has 5 nitrogen and oxygen atoms in total. The highest BCUT2D eigenvalue weighted by Crippen LogP contribution is 2.25. The van der Waals surface area contributed by atoms with Gasteiger partial charge in [-0.3, -0.25) is 9.69 Å². The lowest BCUT2D eigenvalue weighted by Crippen LogP contribution is -2.33. The van der Waals surface area contributed by atoms with E-state index in [4.69, 9.17) is 4.74 Å². The van der Waals surface area contributed by atoms with Crippen LogP contribution in [0.15, 0.2) is 53.9 Å². The van der Waals surface area contributed by atoms with Crippen LogP contribution in [0.4, 0.5) is 10.1 Å². The number of methoxy groups -OCH3 is 1. The summed E-state index contributed by atoms with van der Waals surface area (Å²) in [5.74, 6) is 0.268. The molecule has 1 heterocycles. The van der Waals surface area contributed by atoms with Gasteiger partial charge in [0.25, 0.3) is 0 Å². The fraction of sp³-hybridized carbons (Fsp3) is 0.273. The van der Waals surface area contributed by atoms with Gasteiger partial charge in [-0.2, -0.15) is 0 Å². The molecule has 0 spiro atoms. The molecule has 1 amide bonds. The van der Waals surface area contributed by atoms with E-state index in [9.17, 15) is 9.18 Å². The Kier molecular flexibility index (Phi) is 7.32. The number of hydrogen-bond acceptors (Lipinski definition) is 5. The number of aromatic nitrogens is 1. The first kappa shape index (κ1) is 21.0. The number of amides is 1. The fourth-order valence-corrected chi connectivity index (χ4v) is 3.82. The van der Waals surface area contributed by atoms with Crippen molar-refractivity contribution in [3.05, 3.63) is 65.4 Å². The largest absolute Gasteiger partial charge is 0.495 e. The van der Waals surface area contributed by atoms with Crippen molar-refractivity contribution in [3.63, 3.8) is 0 Å². The Hall–Kier alpha value is -2.77. The van der Waals surface area contributed by atoms with Gasteiger partial charge in [0.2, 0.25) is 5.91 Å². The Balaban J connectivity index is 1.64. The van der Waals surface area contributed by atoms with Gasteiger partial charge >= 0.3 is 0 Å². The quantitative estimate of drug-likeness (QED) is 0.547. The van der Waals surface area contributed by atoms with E-state index in [0.29, 0.717) is 18.0 Å². The van der Waals surface area contributed by atoms with Crippen LogP contribution < -0.4 is 10.1 Å². The summed E-state index contributed by atoms with van der Waals surface area (Å²) in [5, 5.41) is 5.74. The number of ether oxygens (including phenoxy) is 1. The highest BCUT2D eigenvalue weighted by molar-refractivity contribution is 7.13. The third-order valence-corrected chi connectivity index (χ3v) is 5.26. The summed E-state index contributed by atoms with van der Waals surface area (Å²) >= 11 is 1.52. The molecule has 0 saturated carbocycles. The molecule has 3 rings (SSSR count). The van der Waals surface area contributed by atoms with E-state index in [-0.39, 0.29) is 18.3 Å². The van der Waals surface area contributed by atoms with E-state index < -0.39 is 0 Å². The van der Waals surface area contributed by atoms with Crippen LogP contribution >= 0.6 is 11.3 Å². The topological polar surface area (TPSA) is 54.5 Å². The molecule has 0 aliphatic rings. The number of carbonyl (C=O) groups excluding carboxylic acids is 1. The maximum atomic E-state index is 13.1. The number of hydrogen-bond donors (Lipinski definition) is 1. The number of carbonyl (C=O) groups is 1. The second-order valence-corrected chi connectivity index (χ2v) is 7.47. The summed E-state index contributed by atoms with van der Waals surface area (Å²) < 4.78 is 18.4. The van der Waals surface area contributed by atoms with E-state index in [0.717, 1.165) is 29.2 Å². The third-order valence-electron chi connectivity index (χ3n) is 4.32. The molecule has 3 aromatic rings. The van der Waals surface area contributed by atoms with Crippen LogP contribution in [0.3, 0.4) is 0 Å². The summed E-state index contributed by atoms with van der Waals surface area (Å²) in [6.07, 6.45) is 0.927. The maximum absolute atomic E-state index is 13.1. The molecule has 1 aromatic heterocycles. The molecule has 0 bridgehead atoms. The number of nitrogens with one attached hydrogen (secondary N) is 1. The predicted molar refractivity (Wildman–Crippen MR) is 115 cm³/mol. The number of benzene rings is 2. The van der Waals surface area contributed by atoms with E-state index in [1.807, 2.05) is 29.6 Å². The van der Waals surface area contributed by atoms with Crippen molar-refractivity contribution < 1.29 is 13.9 Å². The van der Waals surface area contributed by atoms with Gasteiger partial charge in [0.15, 0.2) is 0 Å². The first-order valence-electron chi connectivity index (χ1n) is 9.44. The molecule has 2 aromatic carbocycles. The molecule has 29 heavy (non-hydrogen) atoms. The third kappa shape index (κ3) is 5.85. The maximum Gasteiger partial charge on any atom is 0.238 e. The van der Waals surface area contributed by atoms with Crippen LogP contribution in [0.1, 0.15) is 19.0 Å². The first-order chi connectivity index (χ1) is 14.1. The number of nitrogens with zero attached hydrogens (tertiary/aromatic N) is 2. The molecule has 0 fully saturated rings. The molecule has 0 saturated heterocycles.